The maximum absolute atomic E-state index is 4.38. The number of rotatable bonds is 5. The summed E-state index contributed by atoms with van der Waals surface area (Å²) in [5.41, 5.74) is 3.28. The van der Waals surface area contributed by atoms with Crippen molar-refractivity contribution in [2.24, 2.45) is 10.2 Å². The summed E-state index contributed by atoms with van der Waals surface area (Å²) in [6, 6.07) is 6.28. The Balaban J connectivity index is 2.22. The highest BCUT2D eigenvalue weighted by atomic mass is 32.1. The van der Waals surface area contributed by atoms with Crippen molar-refractivity contribution < 1.29 is 4.57 Å². The Hall–Kier alpha value is -1.75. The second kappa shape index (κ2) is 6.61. The number of aryl methyl sites for hydroxylation is 2. The molecule has 1 aromatic carbocycles. The summed E-state index contributed by atoms with van der Waals surface area (Å²) >= 11 is 1.61. The molecule has 0 saturated carbocycles. The normalized spacial score (nSPS) is 11.2. The van der Waals surface area contributed by atoms with Crippen LogP contribution in [0.5, 0.6) is 0 Å². The van der Waals surface area contributed by atoms with Crippen LogP contribution in [0.25, 0.3) is 0 Å². The lowest BCUT2D eigenvalue weighted by Crippen LogP contribution is -2.28. The second-order valence-electron chi connectivity index (χ2n) is 4.66. The number of aromatic nitrogens is 1. The third-order valence-corrected chi connectivity index (χ3v) is 4.12. The zero-order chi connectivity index (χ0) is 14.5. The van der Waals surface area contributed by atoms with E-state index >= 15 is 0 Å². The Morgan fingerprint density at radius 3 is 2.70 bits per heavy atom. The Morgan fingerprint density at radius 1 is 1.25 bits per heavy atom. The molecule has 1 heterocycles. The molecule has 2 rings (SSSR count). The van der Waals surface area contributed by atoms with Crippen molar-refractivity contribution in [2.75, 3.05) is 18.5 Å². The number of anilines is 1. The van der Waals surface area contributed by atoms with Gasteiger partial charge in [0.2, 0.25) is 0 Å². The summed E-state index contributed by atoms with van der Waals surface area (Å²) < 4.78 is 2.09. The highest BCUT2D eigenvalue weighted by Crippen LogP contribution is 2.26. The van der Waals surface area contributed by atoms with E-state index in [4.69, 9.17) is 0 Å². The van der Waals surface area contributed by atoms with Crippen molar-refractivity contribution in [3.8, 4) is 0 Å². The van der Waals surface area contributed by atoms with Gasteiger partial charge >= 0.3 is 5.13 Å². The number of hydrogen-bond acceptors (Lipinski definition) is 4. The first-order valence-corrected chi connectivity index (χ1v) is 7.74. The van der Waals surface area contributed by atoms with Gasteiger partial charge in [-0.2, -0.15) is 0 Å². The van der Waals surface area contributed by atoms with E-state index in [-0.39, 0.29) is 0 Å². The molecule has 0 atom stereocenters. The van der Waals surface area contributed by atoms with Crippen molar-refractivity contribution in [1.29, 1.82) is 0 Å². The first-order valence-electron chi connectivity index (χ1n) is 6.86. The number of benzene rings is 1. The van der Waals surface area contributed by atoms with Gasteiger partial charge in [-0.25, -0.2) is 4.57 Å². The SMILES string of the molecule is CCN(C)c1ccc(/N=N/c2scc[n+]2CC)c(C)c1. The van der Waals surface area contributed by atoms with E-state index in [1.54, 1.807) is 11.3 Å². The van der Waals surface area contributed by atoms with Crippen molar-refractivity contribution in [2.45, 2.75) is 27.3 Å². The highest BCUT2D eigenvalue weighted by Gasteiger charge is 2.10. The summed E-state index contributed by atoms with van der Waals surface area (Å²) in [7, 11) is 2.09. The smallest absolute Gasteiger partial charge is 0.375 e. The van der Waals surface area contributed by atoms with E-state index < -0.39 is 0 Å². The molecule has 0 bridgehead atoms. The molecule has 0 amide bonds. The molecule has 0 aliphatic heterocycles. The molecule has 0 unspecified atom stereocenters. The lowest BCUT2D eigenvalue weighted by molar-refractivity contribution is -0.676. The van der Waals surface area contributed by atoms with Crippen molar-refractivity contribution >= 4 is 27.8 Å². The molecular formula is C15H21N4S+. The number of azo groups is 1. The fourth-order valence-corrected chi connectivity index (χ4v) is 2.63. The predicted octanol–water partition coefficient (Wildman–Crippen LogP) is 4.24. The lowest BCUT2D eigenvalue weighted by Gasteiger charge is -2.17. The van der Waals surface area contributed by atoms with Gasteiger partial charge in [0.05, 0.1) is 11.7 Å². The third kappa shape index (κ3) is 3.22. The molecule has 0 aliphatic rings. The van der Waals surface area contributed by atoms with E-state index in [1.165, 1.54) is 5.69 Å². The molecule has 0 saturated heterocycles. The maximum atomic E-state index is 4.38. The van der Waals surface area contributed by atoms with Crippen LogP contribution in [-0.2, 0) is 6.54 Å². The molecule has 106 valence electrons. The van der Waals surface area contributed by atoms with Crippen molar-refractivity contribution in [3.05, 3.63) is 35.3 Å². The summed E-state index contributed by atoms with van der Waals surface area (Å²) in [6.07, 6.45) is 2.03. The van der Waals surface area contributed by atoms with Gasteiger partial charge < -0.3 is 4.90 Å². The largest absolute Gasteiger partial charge is 0.408 e. The Morgan fingerprint density at radius 2 is 2.05 bits per heavy atom. The average molecular weight is 289 g/mol. The van der Waals surface area contributed by atoms with Gasteiger partial charge in [-0.15, -0.1) is 0 Å². The van der Waals surface area contributed by atoms with Gasteiger partial charge in [-0.3, -0.25) is 0 Å². The summed E-state index contributed by atoms with van der Waals surface area (Å²) in [6.45, 7) is 8.22. The van der Waals surface area contributed by atoms with Crippen molar-refractivity contribution in [3.63, 3.8) is 0 Å². The molecule has 0 aliphatic carbocycles. The van der Waals surface area contributed by atoms with Gasteiger partial charge in [0, 0.05) is 24.7 Å². The third-order valence-electron chi connectivity index (χ3n) is 3.34. The van der Waals surface area contributed by atoms with Crippen LogP contribution in [0.2, 0.25) is 0 Å². The molecule has 4 nitrogen and oxygen atoms in total. The van der Waals surface area contributed by atoms with Crippen molar-refractivity contribution in [1.82, 2.24) is 0 Å². The van der Waals surface area contributed by atoms with Gasteiger partial charge in [0.1, 0.15) is 11.9 Å². The van der Waals surface area contributed by atoms with Gasteiger partial charge in [0.15, 0.2) is 0 Å². The van der Waals surface area contributed by atoms with Crippen LogP contribution in [0.3, 0.4) is 0 Å². The molecule has 0 radical (unpaired) electrons. The standard InChI is InChI=1S/C15H21N4S/c1-5-18(4)13-7-8-14(12(3)11-13)16-17-15-19(6-2)9-10-20-15/h7-11H,5-6H2,1-4H3/q+1. The predicted molar refractivity (Wildman–Crippen MR) is 84.5 cm³/mol. The van der Waals surface area contributed by atoms with Crippen LogP contribution in [0.1, 0.15) is 19.4 Å². The lowest BCUT2D eigenvalue weighted by atomic mass is 10.2. The molecule has 0 spiro atoms. The fourth-order valence-electron chi connectivity index (χ4n) is 1.89. The summed E-state index contributed by atoms with van der Waals surface area (Å²) in [4.78, 5) is 2.21. The fraction of sp³-hybridized carbons (Fsp3) is 0.400. The van der Waals surface area contributed by atoms with E-state index in [0.717, 1.165) is 29.5 Å². The molecule has 0 N–H and O–H groups in total. The van der Waals surface area contributed by atoms with Crippen LogP contribution in [0, 0.1) is 6.92 Å². The van der Waals surface area contributed by atoms with E-state index in [0.29, 0.717) is 0 Å². The first-order chi connectivity index (χ1) is 9.65. The molecular weight excluding hydrogens is 268 g/mol. The second-order valence-corrected chi connectivity index (χ2v) is 5.53. The van der Waals surface area contributed by atoms with E-state index in [1.807, 2.05) is 17.6 Å². The zero-order valence-electron chi connectivity index (χ0n) is 12.5. The monoisotopic (exact) mass is 289 g/mol. The topological polar surface area (TPSA) is 31.8 Å². The van der Waals surface area contributed by atoms with Gasteiger partial charge in [-0.05, 0) is 61.0 Å². The molecule has 20 heavy (non-hydrogen) atoms. The van der Waals surface area contributed by atoms with Gasteiger partial charge in [-0.1, -0.05) is 0 Å². The molecule has 1 aromatic heterocycles. The molecule has 0 fully saturated rings. The molecule has 5 heteroatoms. The van der Waals surface area contributed by atoms with Gasteiger partial charge in [0.25, 0.3) is 0 Å². The number of thiazole rings is 1. The van der Waals surface area contributed by atoms with Crippen LogP contribution in [-0.4, -0.2) is 13.6 Å². The summed E-state index contributed by atoms with van der Waals surface area (Å²) in [5.74, 6) is 0. The Labute approximate surface area is 124 Å². The minimum absolute atomic E-state index is 0.914. The highest BCUT2D eigenvalue weighted by molar-refractivity contribution is 7.12. The average Bonchev–Trinajstić information content (AvgIpc) is 2.92. The van der Waals surface area contributed by atoms with Crippen LogP contribution < -0.4 is 9.47 Å². The first kappa shape index (κ1) is 14.7. The van der Waals surface area contributed by atoms with Crippen LogP contribution in [0.15, 0.2) is 40.0 Å². The minimum Gasteiger partial charge on any atom is -0.375 e. The zero-order valence-corrected chi connectivity index (χ0v) is 13.3. The van der Waals surface area contributed by atoms with E-state index in [9.17, 15) is 0 Å². The van der Waals surface area contributed by atoms with E-state index in [2.05, 4.69) is 59.6 Å². The molecule has 2 aromatic rings. The Kier molecular flexibility index (Phi) is 4.84. The Bertz CT molecular complexity index is 604. The maximum Gasteiger partial charge on any atom is 0.408 e. The van der Waals surface area contributed by atoms with Crippen LogP contribution >= 0.6 is 11.3 Å². The quantitative estimate of drug-likeness (QED) is 0.598. The minimum atomic E-state index is 0.914. The summed E-state index contributed by atoms with van der Waals surface area (Å²) in [5, 5.41) is 11.7. The number of hydrogen-bond donors (Lipinski definition) is 0. The van der Waals surface area contributed by atoms with Crippen LogP contribution in [0.4, 0.5) is 16.5 Å². The number of nitrogens with zero attached hydrogens (tertiary/aromatic N) is 4.